The quantitative estimate of drug-likeness (QED) is 0.166. The van der Waals surface area contributed by atoms with Crippen molar-refractivity contribution in [2.45, 2.75) is 110 Å². The Labute approximate surface area is 181 Å². The highest BCUT2D eigenvalue weighted by molar-refractivity contribution is 5.77. The van der Waals surface area contributed by atoms with Crippen molar-refractivity contribution in [3.8, 4) is 0 Å². The fraction of sp³-hybridized carbons (Fsp3) is 0.783. The van der Waals surface area contributed by atoms with Crippen molar-refractivity contribution < 1.29 is 34.2 Å². The second kappa shape index (κ2) is 15.0. The van der Waals surface area contributed by atoms with E-state index in [-0.39, 0.29) is 6.54 Å². The summed E-state index contributed by atoms with van der Waals surface area (Å²) in [5, 5.41) is 28.7. The molecule has 0 rings (SSSR count). The summed E-state index contributed by atoms with van der Waals surface area (Å²) in [5.74, 6) is -3.54. The molecule has 3 unspecified atom stereocenters. The summed E-state index contributed by atoms with van der Waals surface area (Å²) in [4.78, 5) is 35.1. The van der Waals surface area contributed by atoms with Crippen molar-refractivity contribution in [2.24, 2.45) is 0 Å². The minimum absolute atomic E-state index is 0.214. The summed E-state index contributed by atoms with van der Waals surface area (Å²) < 4.78 is -0.486. The van der Waals surface area contributed by atoms with E-state index < -0.39 is 40.5 Å². The molecule has 0 aliphatic heterocycles. The monoisotopic (exact) mass is 428 g/mol. The van der Waals surface area contributed by atoms with Crippen molar-refractivity contribution in [1.29, 1.82) is 0 Å². The lowest BCUT2D eigenvalue weighted by Crippen LogP contribution is -2.70. The van der Waals surface area contributed by atoms with Gasteiger partial charge in [-0.2, -0.15) is 0 Å². The predicted octanol–water partition coefficient (Wildman–Crippen LogP) is 4.70. The lowest BCUT2D eigenvalue weighted by Gasteiger charge is -2.47. The number of hydrogen-bond acceptors (Lipinski definition) is 3. The summed E-state index contributed by atoms with van der Waals surface area (Å²) in [6.07, 6.45) is 14.9. The molecule has 7 nitrogen and oxygen atoms in total. The summed E-state index contributed by atoms with van der Waals surface area (Å²) in [5.41, 5.74) is 0. The van der Waals surface area contributed by atoms with E-state index >= 15 is 0 Å². The Hall–Kier alpha value is -1.89. The lowest BCUT2D eigenvalue weighted by atomic mass is 10.00. The number of carbonyl (C=O) groups is 3. The average molecular weight is 429 g/mol. The molecule has 0 radical (unpaired) electrons. The third kappa shape index (κ3) is 8.86. The molecule has 0 aliphatic carbocycles. The van der Waals surface area contributed by atoms with E-state index in [1.807, 2.05) is 0 Å². The van der Waals surface area contributed by atoms with E-state index in [1.54, 1.807) is 0 Å². The van der Waals surface area contributed by atoms with Gasteiger partial charge < -0.3 is 15.3 Å². The highest BCUT2D eigenvalue weighted by Gasteiger charge is 2.52. The Morgan fingerprint density at radius 1 is 0.667 bits per heavy atom. The Morgan fingerprint density at radius 3 is 1.43 bits per heavy atom. The van der Waals surface area contributed by atoms with Crippen LogP contribution in [0.15, 0.2) is 12.2 Å². The molecule has 0 amide bonds. The summed E-state index contributed by atoms with van der Waals surface area (Å²) in [6, 6.07) is -3.37. The van der Waals surface area contributed by atoms with Crippen molar-refractivity contribution >= 4 is 17.9 Å². The molecule has 7 heteroatoms. The van der Waals surface area contributed by atoms with Gasteiger partial charge in [-0.1, -0.05) is 44.8 Å². The van der Waals surface area contributed by atoms with Gasteiger partial charge in [-0.15, -0.1) is 0 Å². The van der Waals surface area contributed by atoms with Crippen LogP contribution in [-0.4, -0.2) is 62.4 Å². The van der Waals surface area contributed by atoms with Gasteiger partial charge in [-0.25, -0.2) is 14.4 Å². The molecule has 0 bridgehead atoms. The highest BCUT2D eigenvalue weighted by Crippen LogP contribution is 2.27. The first kappa shape index (κ1) is 28.1. The van der Waals surface area contributed by atoms with Crippen LogP contribution in [0, 0.1) is 0 Å². The third-order valence-corrected chi connectivity index (χ3v) is 6.29. The van der Waals surface area contributed by atoms with Crippen LogP contribution in [0.25, 0.3) is 0 Å². The fourth-order valence-electron chi connectivity index (χ4n) is 4.13. The second-order valence-corrected chi connectivity index (χ2v) is 8.28. The van der Waals surface area contributed by atoms with E-state index in [4.69, 9.17) is 0 Å². The van der Waals surface area contributed by atoms with Crippen molar-refractivity contribution in [3.63, 3.8) is 0 Å². The largest absolute Gasteiger partial charge is 0.477 e. The van der Waals surface area contributed by atoms with Crippen LogP contribution < -0.4 is 0 Å². The molecule has 3 atom stereocenters. The van der Waals surface area contributed by atoms with Crippen LogP contribution in [0.5, 0.6) is 0 Å². The van der Waals surface area contributed by atoms with Gasteiger partial charge >= 0.3 is 17.9 Å². The predicted molar refractivity (Wildman–Crippen MR) is 117 cm³/mol. The third-order valence-electron chi connectivity index (χ3n) is 6.29. The SMILES string of the molecule is CCCCC/C=C/CCCCCCC[N+](C(C)C(=O)O)(C(C)C(=O)O)C(C)C(=O)O. The van der Waals surface area contributed by atoms with Crippen molar-refractivity contribution in [2.75, 3.05) is 6.54 Å². The van der Waals surface area contributed by atoms with Crippen LogP contribution >= 0.6 is 0 Å². The molecule has 0 fully saturated rings. The fourth-order valence-corrected chi connectivity index (χ4v) is 4.13. The number of unbranched alkanes of at least 4 members (excludes halogenated alkanes) is 8. The topological polar surface area (TPSA) is 112 Å². The lowest BCUT2D eigenvalue weighted by molar-refractivity contribution is -0.968. The molecule has 0 aliphatic rings. The number of nitrogens with zero attached hydrogens (tertiary/aromatic N) is 1. The maximum absolute atomic E-state index is 11.7. The van der Waals surface area contributed by atoms with Crippen LogP contribution in [0.4, 0.5) is 0 Å². The van der Waals surface area contributed by atoms with Crippen molar-refractivity contribution in [3.05, 3.63) is 12.2 Å². The zero-order valence-electron chi connectivity index (χ0n) is 19.2. The minimum atomic E-state index is -1.18. The summed E-state index contributed by atoms with van der Waals surface area (Å²) in [7, 11) is 0. The molecule has 0 aromatic rings. The maximum Gasteiger partial charge on any atom is 0.362 e. The smallest absolute Gasteiger partial charge is 0.362 e. The molecule has 174 valence electrons. The molecule has 0 saturated carbocycles. The Balaban J connectivity index is 4.75. The number of allylic oxidation sites excluding steroid dienone is 2. The van der Waals surface area contributed by atoms with Gasteiger partial charge in [0.15, 0.2) is 18.1 Å². The summed E-state index contributed by atoms with van der Waals surface area (Å²) in [6.45, 7) is 6.64. The van der Waals surface area contributed by atoms with Gasteiger partial charge in [0, 0.05) is 0 Å². The van der Waals surface area contributed by atoms with E-state index in [9.17, 15) is 29.7 Å². The molecular formula is C23H42NO6+. The standard InChI is InChI=1S/C23H41NO6/c1-5-6-7-8-9-10-11-12-13-14-15-16-17-24(18(2)21(25)26,19(3)22(27)28)20(4)23(29)30/h9-10,18-20H,5-8,11-17H2,1-4H3,(H2-,25,26,27,28,29,30)/p+1/b10-9+. The molecule has 0 spiro atoms. The molecular weight excluding hydrogens is 386 g/mol. The maximum atomic E-state index is 11.7. The zero-order valence-corrected chi connectivity index (χ0v) is 19.2. The van der Waals surface area contributed by atoms with Gasteiger partial charge in [-0.3, -0.25) is 4.48 Å². The molecule has 30 heavy (non-hydrogen) atoms. The highest BCUT2D eigenvalue weighted by atomic mass is 16.4. The Morgan fingerprint density at radius 2 is 1.03 bits per heavy atom. The van der Waals surface area contributed by atoms with Crippen LogP contribution in [0.2, 0.25) is 0 Å². The van der Waals surface area contributed by atoms with Crippen molar-refractivity contribution in [1.82, 2.24) is 0 Å². The van der Waals surface area contributed by atoms with E-state index in [1.165, 1.54) is 40.0 Å². The van der Waals surface area contributed by atoms with Crippen LogP contribution in [-0.2, 0) is 14.4 Å². The number of carboxylic acid groups (broad SMARTS) is 3. The number of hydrogen-bond donors (Lipinski definition) is 3. The minimum Gasteiger partial charge on any atom is -0.477 e. The van der Waals surface area contributed by atoms with Gasteiger partial charge in [0.05, 0.1) is 6.54 Å². The Kier molecular flexibility index (Phi) is 14.0. The van der Waals surface area contributed by atoms with Gasteiger partial charge in [0.2, 0.25) is 0 Å². The van der Waals surface area contributed by atoms with E-state index in [0.29, 0.717) is 6.42 Å². The Bertz CT molecular complexity index is 510. The van der Waals surface area contributed by atoms with Crippen LogP contribution in [0.1, 0.15) is 91.9 Å². The second-order valence-electron chi connectivity index (χ2n) is 8.28. The van der Waals surface area contributed by atoms with Gasteiger partial charge in [0.1, 0.15) is 0 Å². The first-order chi connectivity index (χ1) is 14.1. The first-order valence-electron chi connectivity index (χ1n) is 11.3. The molecule has 3 N–H and O–H groups in total. The van der Waals surface area contributed by atoms with E-state index in [0.717, 1.165) is 38.5 Å². The van der Waals surface area contributed by atoms with Gasteiger partial charge in [0.25, 0.3) is 0 Å². The number of aliphatic carboxylic acids is 3. The zero-order chi connectivity index (χ0) is 23.2. The molecule has 0 aromatic heterocycles. The molecule has 0 saturated heterocycles. The van der Waals surface area contributed by atoms with Gasteiger partial charge in [-0.05, 0) is 59.3 Å². The van der Waals surface area contributed by atoms with E-state index in [2.05, 4.69) is 19.1 Å². The number of quaternary nitrogens is 1. The van der Waals surface area contributed by atoms with Crippen LogP contribution in [0.3, 0.4) is 0 Å². The molecule has 0 aromatic carbocycles. The number of carboxylic acids is 3. The average Bonchev–Trinajstić information content (AvgIpc) is 2.70. The first-order valence-corrected chi connectivity index (χ1v) is 11.3. The molecule has 0 heterocycles. The summed E-state index contributed by atoms with van der Waals surface area (Å²) >= 11 is 0. The normalized spacial score (nSPS) is 16.7. The number of rotatable bonds is 18.